The lowest BCUT2D eigenvalue weighted by Crippen LogP contribution is -2.19. The van der Waals surface area contributed by atoms with Gasteiger partial charge in [-0.3, -0.25) is 0 Å². The molecule has 0 aromatic heterocycles. The molecule has 0 heterocycles. The molecule has 0 saturated heterocycles. The molecule has 0 radical (unpaired) electrons. The molecule has 1 N–H and O–H groups in total. The second kappa shape index (κ2) is 6.56. The fraction of sp³-hybridized carbons (Fsp3) is 0.125. The number of aryl methyl sites for hydroxylation is 1. The third kappa shape index (κ3) is 4.07. The van der Waals surface area contributed by atoms with Crippen molar-refractivity contribution in [2.45, 2.75) is 6.92 Å². The molecular weight excluding hydrogens is 272 g/mol. The molecule has 5 nitrogen and oxygen atoms in total. The fourth-order valence-corrected chi connectivity index (χ4v) is 1.66. The second-order valence-corrected chi connectivity index (χ2v) is 4.38. The third-order valence-electron chi connectivity index (χ3n) is 2.72. The zero-order valence-electron chi connectivity index (χ0n) is 11.4. The Labute approximate surface area is 121 Å². The number of carboxylic acids is 1. The molecule has 5 heteroatoms. The van der Waals surface area contributed by atoms with Gasteiger partial charge in [0, 0.05) is 0 Å². The van der Waals surface area contributed by atoms with Gasteiger partial charge in [0.05, 0.1) is 0 Å². The molecule has 0 aliphatic carbocycles. The Morgan fingerprint density at radius 3 is 2.38 bits per heavy atom. The summed E-state index contributed by atoms with van der Waals surface area (Å²) < 4.78 is 10.3. The number of para-hydroxylation sites is 1. The van der Waals surface area contributed by atoms with Crippen molar-refractivity contribution in [3.05, 3.63) is 59.7 Å². The molecule has 2 rings (SSSR count). The highest BCUT2D eigenvalue weighted by atomic mass is 16.6. The Hall–Kier alpha value is -2.82. The summed E-state index contributed by atoms with van der Waals surface area (Å²) in [4.78, 5) is 22.7. The number of carbonyl (C=O) groups excluding carboxylic acids is 1. The molecule has 2 aromatic rings. The van der Waals surface area contributed by atoms with Crippen LogP contribution in [0.25, 0.3) is 0 Å². The Morgan fingerprint density at radius 1 is 1.05 bits per heavy atom. The number of hydrogen-bond acceptors (Lipinski definition) is 4. The van der Waals surface area contributed by atoms with E-state index >= 15 is 0 Å². The van der Waals surface area contributed by atoms with E-state index in [1.165, 1.54) is 12.1 Å². The number of benzene rings is 2. The second-order valence-electron chi connectivity index (χ2n) is 4.38. The van der Waals surface area contributed by atoms with Crippen LogP contribution in [-0.2, 0) is 4.79 Å². The van der Waals surface area contributed by atoms with Gasteiger partial charge in [0.1, 0.15) is 17.1 Å². The van der Waals surface area contributed by atoms with E-state index in [0.29, 0.717) is 5.75 Å². The summed E-state index contributed by atoms with van der Waals surface area (Å²) in [7, 11) is 0. The Kier molecular flexibility index (Phi) is 4.56. The molecule has 21 heavy (non-hydrogen) atoms. The van der Waals surface area contributed by atoms with Crippen molar-refractivity contribution in [2.75, 3.05) is 6.61 Å². The number of aromatic carboxylic acids is 1. The van der Waals surface area contributed by atoms with E-state index in [1.807, 2.05) is 19.1 Å². The summed E-state index contributed by atoms with van der Waals surface area (Å²) in [5.74, 6) is -1.27. The number of esters is 1. The first-order valence-electron chi connectivity index (χ1n) is 6.29. The fourth-order valence-electron chi connectivity index (χ4n) is 1.66. The van der Waals surface area contributed by atoms with Gasteiger partial charge in [0.25, 0.3) is 0 Å². The predicted molar refractivity (Wildman–Crippen MR) is 75.7 cm³/mol. The molecule has 0 fully saturated rings. The van der Waals surface area contributed by atoms with Crippen LogP contribution in [0.3, 0.4) is 0 Å². The van der Waals surface area contributed by atoms with E-state index in [1.54, 1.807) is 24.3 Å². The summed E-state index contributed by atoms with van der Waals surface area (Å²) in [6, 6.07) is 13.2. The van der Waals surface area contributed by atoms with E-state index in [9.17, 15) is 9.59 Å². The first-order chi connectivity index (χ1) is 10.1. The van der Waals surface area contributed by atoms with Crippen LogP contribution in [0.15, 0.2) is 48.5 Å². The van der Waals surface area contributed by atoms with Gasteiger partial charge in [-0.2, -0.15) is 0 Å². The smallest absolute Gasteiger partial charge is 0.349 e. The van der Waals surface area contributed by atoms with Gasteiger partial charge >= 0.3 is 11.9 Å². The van der Waals surface area contributed by atoms with Crippen LogP contribution in [-0.4, -0.2) is 23.7 Å². The van der Waals surface area contributed by atoms with Gasteiger partial charge in [-0.1, -0.05) is 29.8 Å². The van der Waals surface area contributed by atoms with Gasteiger partial charge in [-0.05, 0) is 31.2 Å². The number of rotatable bonds is 5. The maximum atomic E-state index is 11.7. The molecule has 0 unspecified atom stereocenters. The summed E-state index contributed by atoms with van der Waals surface area (Å²) in [6.07, 6.45) is 0. The molecule has 0 aliphatic rings. The zero-order valence-corrected chi connectivity index (χ0v) is 11.4. The van der Waals surface area contributed by atoms with Crippen molar-refractivity contribution in [2.24, 2.45) is 0 Å². The lowest BCUT2D eigenvalue weighted by Gasteiger charge is -2.08. The Morgan fingerprint density at radius 2 is 1.71 bits per heavy atom. The minimum atomic E-state index is -1.15. The lowest BCUT2D eigenvalue weighted by molar-refractivity contribution is -0.136. The lowest BCUT2D eigenvalue weighted by atomic mass is 10.2. The molecule has 0 amide bonds. The van der Waals surface area contributed by atoms with Crippen molar-refractivity contribution in [1.82, 2.24) is 0 Å². The molecule has 0 spiro atoms. The molecule has 0 saturated carbocycles. The van der Waals surface area contributed by atoms with Gasteiger partial charge in [0.2, 0.25) is 0 Å². The van der Waals surface area contributed by atoms with Gasteiger partial charge < -0.3 is 14.6 Å². The van der Waals surface area contributed by atoms with E-state index < -0.39 is 11.9 Å². The minimum absolute atomic E-state index is 0.00232. The van der Waals surface area contributed by atoms with Crippen LogP contribution in [0.5, 0.6) is 11.5 Å². The molecule has 2 aromatic carbocycles. The van der Waals surface area contributed by atoms with E-state index in [0.717, 1.165) is 5.56 Å². The number of ether oxygens (including phenoxy) is 2. The number of carbonyl (C=O) groups is 2. The largest absolute Gasteiger partial charge is 0.482 e. The number of carboxylic acid groups (broad SMARTS) is 1. The number of hydrogen-bond donors (Lipinski definition) is 1. The highest BCUT2D eigenvalue weighted by Gasteiger charge is 2.14. The van der Waals surface area contributed by atoms with Crippen LogP contribution in [0.1, 0.15) is 15.9 Å². The van der Waals surface area contributed by atoms with Gasteiger partial charge in [0.15, 0.2) is 6.61 Å². The summed E-state index contributed by atoms with van der Waals surface area (Å²) in [6.45, 7) is 1.65. The standard InChI is InChI=1S/C16H14O5/c1-11-6-8-12(9-7-11)20-10-15(17)21-14-5-3-2-4-13(14)16(18)19/h2-9H,10H2,1H3,(H,18,19). The van der Waals surface area contributed by atoms with Crippen molar-refractivity contribution < 1.29 is 24.2 Å². The topological polar surface area (TPSA) is 72.8 Å². The van der Waals surface area contributed by atoms with Crippen LogP contribution in [0, 0.1) is 6.92 Å². The predicted octanol–water partition coefficient (Wildman–Crippen LogP) is 2.68. The van der Waals surface area contributed by atoms with Gasteiger partial charge in [-0.15, -0.1) is 0 Å². The van der Waals surface area contributed by atoms with Crippen LogP contribution >= 0.6 is 0 Å². The van der Waals surface area contributed by atoms with Crippen LogP contribution in [0.2, 0.25) is 0 Å². The first kappa shape index (κ1) is 14.6. The average Bonchev–Trinajstić information content (AvgIpc) is 2.47. The van der Waals surface area contributed by atoms with Crippen LogP contribution in [0.4, 0.5) is 0 Å². The first-order valence-corrected chi connectivity index (χ1v) is 6.29. The summed E-state index contributed by atoms with van der Waals surface area (Å²) >= 11 is 0. The SMILES string of the molecule is Cc1ccc(OCC(=O)Oc2ccccc2C(=O)O)cc1. The Bertz CT molecular complexity index is 646. The van der Waals surface area contributed by atoms with Crippen molar-refractivity contribution in [3.63, 3.8) is 0 Å². The molecule has 0 bridgehead atoms. The minimum Gasteiger partial charge on any atom is -0.482 e. The molecule has 0 aliphatic heterocycles. The highest BCUT2D eigenvalue weighted by Crippen LogP contribution is 2.18. The normalized spacial score (nSPS) is 9.95. The zero-order chi connectivity index (χ0) is 15.2. The average molecular weight is 286 g/mol. The third-order valence-corrected chi connectivity index (χ3v) is 2.72. The van der Waals surface area contributed by atoms with E-state index in [4.69, 9.17) is 14.6 Å². The highest BCUT2D eigenvalue weighted by molar-refractivity contribution is 5.92. The maximum absolute atomic E-state index is 11.7. The van der Waals surface area contributed by atoms with E-state index in [-0.39, 0.29) is 17.9 Å². The summed E-state index contributed by atoms with van der Waals surface area (Å²) in [5.41, 5.74) is 1.02. The van der Waals surface area contributed by atoms with Crippen molar-refractivity contribution in [1.29, 1.82) is 0 Å². The maximum Gasteiger partial charge on any atom is 0.349 e. The van der Waals surface area contributed by atoms with E-state index in [2.05, 4.69) is 0 Å². The van der Waals surface area contributed by atoms with Crippen LogP contribution < -0.4 is 9.47 Å². The van der Waals surface area contributed by atoms with Gasteiger partial charge in [-0.25, -0.2) is 9.59 Å². The summed E-state index contributed by atoms with van der Waals surface area (Å²) in [5, 5.41) is 8.99. The van der Waals surface area contributed by atoms with Crippen molar-refractivity contribution >= 4 is 11.9 Å². The van der Waals surface area contributed by atoms with Crippen molar-refractivity contribution in [3.8, 4) is 11.5 Å². The Balaban J connectivity index is 1.96. The molecule has 108 valence electrons. The monoisotopic (exact) mass is 286 g/mol. The quantitative estimate of drug-likeness (QED) is 0.675. The molecular formula is C16H14O5. The molecule has 0 atom stereocenters.